The van der Waals surface area contributed by atoms with E-state index >= 15 is 0 Å². The van der Waals surface area contributed by atoms with Crippen LogP contribution < -0.4 is 16.0 Å². The van der Waals surface area contributed by atoms with Gasteiger partial charge < -0.3 is 20.7 Å². The maximum absolute atomic E-state index is 12.7. The van der Waals surface area contributed by atoms with Crippen LogP contribution in [0.5, 0.6) is 0 Å². The van der Waals surface area contributed by atoms with E-state index in [-0.39, 0.29) is 23.8 Å². The number of ether oxygens (including phenoxy) is 1. The molecule has 7 nitrogen and oxygen atoms in total. The molecule has 3 amide bonds. The first-order valence-electron chi connectivity index (χ1n) is 9.41. The van der Waals surface area contributed by atoms with Crippen LogP contribution in [-0.2, 0) is 27.5 Å². The Hall–Kier alpha value is -3.19. The van der Waals surface area contributed by atoms with E-state index in [9.17, 15) is 14.4 Å². The molecule has 0 radical (unpaired) electrons. The van der Waals surface area contributed by atoms with E-state index in [4.69, 9.17) is 4.74 Å². The van der Waals surface area contributed by atoms with Crippen molar-refractivity contribution in [3.8, 4) is 0 Å². The third-order valence-corrected chi connectivity index (χ3v) is 3.97. The topological polar surface area (TPSA) is 96.5 Å². The summed E-state index contributed by atoms with van der Waals surface area (Å²) in [6, 6.07) is 12.5. The molecule has 0 aromatic heterocycles. The summed E-state index contributed by atoms with van der Waals surface area (Å²) in [5, 5.41) is 8.16. The molecule has 0 aliphatic rings. The molecule has 3 N–H and O–H groups in total. The fraction of sp³-hybridized carbons (Fsp3) is 0.318. The number of nitrogens with one attached hydrogen (secondary N) is 3. The van der Waals surface area contributed by atoms with Gasteiger partial charge in [-0.3, -0.25) is 14.4 Å². The van der Waals surface area contributed by atoms with Crippen molar-refractivity contribution in [2.75, 3.05) is 10.6 Å². The van der Waals surface area contributed by atoms with Crippen LogP contribution in [0.4, 0.5) is 11.4 Å². The minimum absolute atomic E-state index is 0.112. The SMILES string of the molecule is CC(=O)Nc1cc(NC(C)=O)cc(C(=O)NCc2ccccc2COC(C)C)c1. The highest BCUT2D eigenvalue weighted by atomic mass is 16.5. The van der Waals surface area contributed by atoms with Gasteiger partial charge in [0.25, 0.3) is 5.91 Å². The predicted molar refractivity (Wildman–Crippen MR) is 113 cm³/mol. The number of benzene rings is 2. The fourth-order valence-electron chi connectivity index (χ4n) is 2.71. The van der Waals surface area contributed by atoms with E-state index < -0.39 is 0 Å². The molecule has 0 aliphatic carbocycles. The van der Waals surface area contributed by atoms with Gasteiger partial charge in [-0.05, 0) is 43.2 Å². The van der Waals surface area contributed by atoms with Gasteiger partial charge in [0.2, 0.25) is 11.8 Å². The number of rotatable bonds is 8. The van der Waals surface area contributed by atoms with Gasteiger partial charge in [0, 0.05) is 37.3 Å². The second kappa shape index (κ2) is 10.4. The van der Waals surface area contributed by atoms with Crippen molar-refractivity contribution in [2.24, 2.45) is 0 Å². The molecule has 7 heteroatoms. The molecule has 0 unspecified atom stereocenters. The van der Waals surface area contributed by atoms with Crippen molar-refractivity contribution < 1.29 is 19.1 Å². The molecule has 0 bridgehead atoms. The van der Waals surface area contributed by atoms with Crippen LogP contribution in [-0.4, -0.2) is 23.8 Å². The van der Waals surface area contributed by atoms with E-state index in [1.54, 1.807) is 18.2 Å². The number of anilines is 2. The lowest BCUT2D eigenvalue weighted by atomic mass is 10.1. The third kappa shape index (κ3) is 7.38. The van der Waals surface area contributed by atoms with Gasteiger partial charge >= 0.3 is 0 Å². The molecule has 154 valence electrons. The average Bonchev–Trinajstić information content (AvgIpc) is 2.63. The molecule has 29 heavy (non-hydrogen) atoms. The first-order valence-corrected chi connectivity index (χ1v) is 9.41. The lowest BCUT2D eigenvalue weighted by Gasteiger charge is -2.14. The normalized spacial score (nSPS) is 10.5. The average molecular weight is 397 g/mol. The highest BCUT2D eigenvalue weighted by molar-refractivity contribution is 5.99. The van der Waals surface area contributed by atoms with Crippen molar-refractivity contribution in [2.45, 2.75) is 47.0 Å². The summed E-state index contributed by atoms with van der Waals surface area (Å²) in [6.07, 6.45) is 0.112. The molecular weight excluding hydrogens is 370 g/mol. The van der Waals surface area contributed by atoms with E-state index in [0.29, 0.717) is 30.1 Å². The Morgan fingerprint density at radius 2 is 1.45 bits per heavy atom. The van der Waals surface area contributed by atoms with Crippen molar-refractivity contribution in [1.29, 1.82) is 0 Å². The highest BCUT2D eigenvalue weighted by Crippen LogP contribution is 2.20. The van der Waals surface area contributed by atoms with Gasteiger partial charge in [0.05, 0.1) is 12.7 Å². The number of carbonyl (C=O) groups excluding carboxylic acids is 3. The Morgan fingerprint density at radius 1 is 0.897 bits per heavy atom. The van der Waals surface area contributed by atoms with Gasteiger partial charge in [-0.25, -0.2) is 0 Å². The van der Waals surface area contributed by atoms with Gasteiger partial charge in [0.15, 0.2) is 0 Å². The maximum Gasteiger partial charge on any atom is 0.251 e. The summed E-state index contributed by atoms with van der Waals surface area (Å²) in [4.78, 5) is 35.5. The number of amides is 3. The van der Waals surface area contributed by atoms with Crippen molar-refractivity contribution in [3.05, 3.63) is 59.2 Å². The summed E-state index contributed by atoms with van der Waals surface area (Å²) >= 11 is 0. The number of carbonyl (C=O) groups is 3. The van der Waals surface area contributed by atoms with Crippen molar-refractivity contribution >= 4 is 29.1 Å². The van der Waals surface area contributed by atoms with E-state index in [1.165, 1.54) is 13.8 Å². The van der Waals surface area contributed by atoms with Gasteiger partial charge in [0.1, 0.15) is 0 Å². The van der Waals surface area contributed by atoms with Gasteiger partial charge in [-0.1, -0.05) is 24.3 Å². The fourth-order valence-corrected chi connectivity index (χ4v) is 2.71. The molecule has 2 rings (SSSR count). The molecule has 0 fully saturated rings. The van der Waals surface area contributed by atoms with E-state index in [2.05, 4.69) is 16.0 Å². The Kier molecular flexibility index (Phi) is 7.91. The summed E-state index contributed by atoms with van der Waals surface area (Å²) in [5.74, 6) is -0.853. The van der Waals surface area contributed by atoms with Crippen LogP contribution in [0.1, 0.15) is 49.2 Å². The highest BCUT2D eigenvalue weighted by Gasteiger charge is 2.12. The quantitative estimate of drug-likeness (QED) is 0.636. The monoisotopic (exact) mass is 397 g/mol. The van der Waals surface area contributed by atoms with Gasteiger partial charge in [-0.2, -0.15) is 0 Å². The zero-order valence-corrected chi connectivity index (χ0v) is 17.2. The second-order valence-corrected chi connectivity index (χ2v) is 6.97. The Labute approximate surface area is 170 Å². The largest absolute Gasteiger partial charge is 0.374 e. The minimum Gasteiger partial charge on any atom is -0.374 e. The molecule has 2 aromatic carbocycles. The minimum atomic E-state index is -0.316. The Bertz CT molecular complexity index is 859. The van der Waals surface area contributed by atoms with Crippen molar-refractivity contribution in [3.63, 3.8) is 0 Å². The molecule has 0 spiro atoms. The molecule has 2 aromatic rings. The second-order valence-electron chi connectivity index (χ2n) is 6.97. The van der Waals surface area contributed by atoms with Crippen LogP contribution in [0.15, 0.2) is 42.5 Å². The zero-order valence-electron chi connectivity index (χ0n) is 17.2. The molecule has 0 heterocycles. The van der Waals surface area contributed by atoms with Crippen LogP contribution in [0, 0.1) is 0 Å². The standard InChI is InChI=1S/C22H27N3O4/c1-14(2)29-13-18-8-6-5-7-17(18)12-23-22(28)19-9-20(24-15(3)26)11-21(10-19)25-16(4)27/h5-11,14H,12-13H2,1-4H3,(H,23,28)(H,24,26)(H,25,27). The molecule has 0 aliphatic heterocycles. The lowest BCUT2D eigenvalue weighted by molar-refractivity contribution is -0.115. The summed E-state index contributed by atoms with van der Waals surface area (Å²) in [6.45, 7) is 7.49. The Morgan fingerprint density at radius 3 is 1.97 bits per heavy atom. The van der Waals surface area contributed by atoms with Crippen molar-refractivity contribution in [1.82, 2.24) is 5.32 Å². The smallest absolute Gasteiger partial charge is 0.251 e. The molecule has 0 atom stereocenters. The van der Waals surface area contributed by atoms with E-state index in [1.807, 2.05) is 38.1 Å². The zero-order chi connectivity index (χ0) is 21.4. The summed E-state index contributed by atoms with van der Waals surface area (Å²) < 4.78 is 5.67. The van der Waals surface area contributed by atoms with Crippen LogP contribution in [0.3, 0.4) is 0 Å². The third-order valence-electron chi connectivity index (χ3n) is 3.97. The van der Waals surface area contributed by atoms with Gasteiger partial charge in [-0.15, -0.1) is 0 Å². The first-order chi connectivity index (χ1) is 13.7. The van der Waals surface area contributed by atoms with Crippen LogP contribution in [0.2, 0.25) is 0 Å². The number of hydrogen-bond acceptors (Lipinski definition) is 4. The molecule has 0 saturated carbocycles. The summed E-state index contributed by atoms with van der Waals surface area (Å²) in [7, 11) is 0. The van der Waals surface area contributed by atoms with Crippen LogP contribution in [0.25, 0.3) is 0 Å². The first kappa shape index (κ1) is 22.1. The Balaban J connectivity index is 2.16. The number of hydrogen-bond donors (Lipinski definition) is 3. The predicted octanol–water partition coefficient (Wildman–Crippen LogP) is 3.46. The summed E-state index contributed by atoms with van der Waals surface area (Å²) in [5.41, 5.74) is 3.16. The van der Waals surface area contributed by atoms with E-state index in [0.717, 1.165) is 11.1 Å². The maximum atomic E-state index is 12.7. The van der Waals surface area contributed by atoms with Crippen LogP contribution >= 0.6 is 0 Å². The molecule has 0 saturated heterocycles. The lowest BCUT2D eigenvalue weighted by Crippen LogP contribution is -2.24. The molecular formula is C22H27N3O4.